The van der Waals surface area contributed by atoms with Crippen molar-refractivity contribution in [3.05, 3.63) is 25.9 Å². The molecule has 0 saturated carbocycles. The van der Waals surface area contributed by atoms with Gasteiger partial charge in [0.15, 0.2) is 5.69 Å². The van der Waals surface area contributed by atoms with Crippen molar-refractivity contribution >= 4 is 63.6 Å². The van der Waals surface area contributed by atoms with Crippen LogP contribution >= 0.6 is 45.7 Å². The topological polar surface area (TPSA) is 137 Å². The van der Waals surface area contributed by atoms with Crippen molar-refractivity contribution in [2.24, 2.45) is 5.10 Å². The van der Waals surface area contributed by atoms with Crippen molar-refractivity contribution in [2.45, 2.75) is 11.1 Å². The number of rotatable bonds is 5. The summed E-state index contributed by atoms with van der Waals surface area (Å²) in [6.07, 6.45) is 3.59. The van der Waals surface area contributed by atoms with Gasteiger partial charge in [-0.05, 0) is 52.2 Å². The first-order valence-corrected chi connectivity index (χ1v) is 9.80. The van der Waals surface area contributed by atoms with Crippen molar-refractivity contribution in [1.29, 1.82) is 0 Å². The van der Waals surface area contributed by atoms with E-state index in [2.05, 4.69) is 58.4 Å². The molecule has 3 rings (SSSR count). The molecule has 13 heteroatoms. The van der Waals surface area contributed by atoms with Crippen LogP contribution in [-0.4, -0.2) is 43.7 Å². The molecule has 3 N–H and O–H groups in total. The van der Waals surface area contributed by atoms with Gasteiger partial charge in [0.05, 0.1) is 19.0 Å². The number of halogens is 1. The van der Waals surface area contributed by atoms with Gasteiger partial charge < -0.3 is 5.73 Å². The van der Waals surface area contributed by atoms with Crippen LogP contribution in [0.25, 0.3) is 5.82 Å². The molecule has 0 spiro atoms. The van der Waals surface area contributed by atoms with Crippen molar-refractivity contribution in [3.63, 3.8) is 0 Å². The van der Waals surface area contributed by atoms with E-state index in [0.717, 1.165) is 12.7 Å². The highest BCUT2D eigenvalue weighted by molar-refractivity contribution is 14.1. The Hall–Kier alpha value is -2.00. The number of hydrogen-bond acceptors (Lipinski definition) is 10. The van der Waals surface area contributed by atoms with E-state index in [1.807, 2.05) is 12.3 Å². The number of carbonyl (C=O) groups is 1. The molecule has 3 heterocycles. The second kappa shape index (κ2) is 7.49. The first kappa shape index (κ1) is 17.8. The van der Waals surface area contributed by atoms with E-state index in [0.29, 0.717) is 5.69 Å². The number of nitrogens with two attached hydrogens (primary N) is 1. The van der Waals surface area contributed by atoms with E-state index in [1.54, 1.807) is 36.2 Å². The van der Waals surface area contributed by atoms with Gasteiger partial charge in [-0.15, -0.1) is 28.2 Å². The third-order valence-electron chi connectivity index (χ3n) is 3.06. The van der Waals surface area contributed by atoms with E-state index >= 15 is 0 Å². The number of amides is 1. The van der Waals surface area contributed by atoms with E-state index in [4.69, 9.17) is 5.73 Å². The predicted octanol–water partition coefficient (Wildman–Crippen LogP) is 1.69. The average molecular weight is 490 g/mol. The van der Waals surface area contributed by atoms with Crippen LogP contribution in [0.3, 0.4) is 0 Å². The monoisotopic (exact) mass is 490 g/mol. The van der Waals surface area contributed by atoms with Gasteiger partial charge in [0.2, 0.25) is 11.6 Å². The lowest BCUT2D eigenvalue weighted by Gasteiger charge is -1.99. The fourth-order valence-electron chi connectivity index (χ4n) is 1.90. The molecular formula is C12H11IN8O2S2. The molecule has 130 valence electrons. The van der Waals surface area contributed by atoms with Gasteiger partial charge in [-0.3, -0.25) is 4.79 Å². The Labute approximate surface area is 163 Å². The van der Waals surface area contributed by atoms with Crippen LogP contribution in [-0.2, 0) is 0 Å². The Bertz CT molecular complexity index is 947. The molecule has 10 nitrogen and oxygen atoms in total. The number of hydrazone groups is 1. The second-order valence-corrected chi connectivity index (χ2v) is 8.63. The molecule has 0 unspecified atom stereocenters. The zero-order valence-corrected chi connectivity index (χ0v) is 16.7. The smallest absolute Gasteiger partial charge is 0.293 e. The summed E-state index contributed by atoms with van der Waals surface area (Å²) in [4.78, 5) is 12.2. The number of thiophene rings is 1. The Kier molecular flexibility index (Phi) is 5.33. The molecule has 3 aromatic heterocycles. The van der Waals surface area contributed by atoms with Crippen LogP contribution in [0.5, 0.6) is 0 Å². The number of anilines is 1. The Morgan fingerprint density at radius 3 is 3.04 bits per heavy atom. The van der Waals surface area contributed by atoms with Crippen LogP contribution in [0, 0.1) is 9.81 Å². The van der Waals surface area contributed by atoms with E-state index < -0.39 is 5.91 Å². The molecule has 0 atom stereocenters. The molecule has 0 aromatic carbocycles. The van der Waals surface area contributed by atoms with E-state index in [1.165, 1.54) is 4.68 Å². The molecule has 0 saturated heterocycles. The first-order chi connectivity index (χ1) is 12.0. The Morgan fingerprint density at radius 2 is 2.36 bits per heavy atom. The summed E-state index contributed by atoms with van der Waals surface area (Å²) in [5, 5.41) is 18.8. The van der Waals surface area contributed by atoms with Crippen molar-refractivity contribution < 1.29 is 9.42 Å². The summed E-state index contributed by atoms with van der Waals surface area (Å²) >= 11 is 5.53. The molecular weight excluding hydrogens is 479 g/mol. The normalized spacial score (nSPS) is 11.3. The van der Waals surface area contributed by atoms with Crippen molar-refractivity contribution in [2.75, 3.05) is 12.0 Å². The fourth-order valence-corrected chi connectivity index (χ4v) is 4.89. The number of thioether (sulfide) groups is 1. The zero-order valence-electron chi connectivity index (χ0n) is 12.9. The number of aromatic nitrogens is 5. The quantitative estimate of drug-likeness (QED) is 0.239. The third-order valence-corrected chi connectivity index (χ3v) is 6.12. The SMILES string of the molecule is CSc1sc(I)cc1/C=N/NC(=O)c1nnn(-c2nonc2N)c1C. The lowest BCUT2D eigenvalue weighted by atomic mass is 10.3. The highest BCUT2D eigenvalue weighted by atomic mass is 127. The minimum atomic E-state index is -0.495. The first-order valence-electron chi connectivity index (χ1n) is 6.68. The second-order valence-electron chi connectivity index (χ2n) is 4.60. The van der Waals surface area contributed by atoms with Crippen molar-refractivity contribution in [3.8, 4) is 5.82 Å². The van der Waals surface area contributed by atoms with Gasteiger partial charge in [-0.25, -0.2) is 10.1 Å². The summed E-state index contributed by atoms with van der Waals surface area (Å²) in [7, 11) is 0. The number of nitrogens with one attached hydrogen (secondary N) is 1. The lowest BCUT2D eigenvalue weighted by Crippen LogP contribution is -2.19. The standard InChI is InChI=1S/C12H11IN8O2S2/c1-5-8(16-20-21(5)10-9(14)18-23-19-10)11(22)17-15-4-6-3-7(13)25-12(6)24-2/h3-4H,1-2H3,(H2,14,18)(H,17,22)/b15-4+. The molecule has 3 aromatic rings. The van der Waals surface area contributed by atoms with E-state index in [9.17, 15) is 4.79 Å². The number of hydrogen-bond donors (Lipinski definition) is 2. The van der Waals surface area contributed by atoms with Gasteiger partial charge in [0, 0.05) is 5.56 Å². The molecule has 25 heavy (non-hydrogen) atoms. The summed E-state index contributed by atoms with van der Waals surface area (Å²) < 4.78 is 8.07. The highest BCUT2D eigenvalue weighted by Gasteiger charge is 2.20. The van der Waals surface area contributed by atoms with Gasteiger partial charge in [-0.1, -0.05) is 5.21 Å². The molecule has 0 fully saturated rings. The van der Waals surface area contributed by atoms with Gasteiger partial charge in [0.25, 0.3) is 5.91 Å². The number of nitrogen functional groups attached to an aromatic ring is 1. The number of nitrogens with zero attached hydrogens (tertiary/aromatic N) is 6. The lowest BCUT2D eigenvalue weighted by molar-refractivity contribution is 0.0949. The molecule has 0 bridgehead atoms. The van der Waals surface area contributed by atoms with Gasteiger partial charge in [0.1, 0.15) is 0 Å². The number of carbonyl (C=O) groups excluding carboxylic acids is 1. The Morgan fingerprint density at radius 1 is 1.56 bits per heavy atom. The van der Waals surface area contributed by atoms with E-state index in [-0.39, 0.29) is 17.3 Å². The molecule has 0 aliphatic heterocycles. The molecule has 1 amide bonds. The molecule has 0 aliphatic rings. The summed E-state index contributed by atoms with van der Waals surface area (Å²) in [6, 6.07) is 1.99. The van der Waals surface area contributed by atoms with Crippen LogP contribution in [0.2, 0.25) is 0 Å². The Balaban J connectivity index is 1.75. The van der Waals surface area contributed by atoms with Crippen LogP contribution in [0.1, 0.15) is 21.7 Å². The summed E-state index contributed by atoms with van der Waals surface area (Å²) in [6.45, 7) is 1.65. The molecule has 0 radical (unpaired) electrons. The highest BCUT2D eigenvalue weighted by Crippen LogP contribution is 2.30. The van der Waals surface area contributed by atoms with Crippen LogP contribution in [0.15, 0.2) is 20.0 Å². The minimum absolute atomic E-state index is 0.0506. The maximum absolute atomic E-state index is 12.2. The van der Waals surface area contributed by atoms with Gasteiger partial charge in [-0.2, -0.15) is 9.78 Å². The van der Waals surface area contributed by atoms with Crippen LogP contribution < -0.4 is 11.2 Å². The largest absolute Gasteiger partial charge is 0.378 e. The maximum Gasteiger partial charge on any atom is 0.293 e. The average Bonchev–Trinajstić information content (AvgIpc) is 3.26. The fraction of sp³-hybridized carbons (Fsp3) is 0.167. The summed E-state index contributed by atoms with van der Waals surface area (Å²) in [5.74, 6) is -0.273. The maximum atomic E-state index is 12.2. The minimum Gasteiger partial charge on any atom is -0.378 e. The zero-order chi connectivity index (χ0) is 18.0. The predicted molar refractivity (Wildman–Crippen MR) is 102 cm³/mol. The van der Waals surface area contributed by atoms with Gasteiger partial charge >= 0.3 is 0 Å². The molecule has 0 aliphatic carbocycles. The van der Waals surface area contributed by atoms with Crippen molar-refractivity contribution in [1.82, 2.24) is 30.7 Å². The third kappa shape index (κ3) is 3.67. The summed E-state index contributed by atoms with van der Waals surface area (Å²) in [5.41, 5.74) is 9.54. The van der Waals surface area contributed by atoms with Crippen LogP contribution in [0.4, 0.5) is 5.82 Å².